The van der Waals surface area contributed by atoms with Crippen molar-refractivity contribution in [2.45, 2.75) is 26.7 Å². The Bertz CT molecular complexity index is 1160. The van der Waals surface area contributed by atoms with Gasteiger partial charge in [-0.1, -0.05) is 42.8 Å². The number of benzene rings is 2. The average molecular weight is 395 g/mol. The lowest BCUT2D eigenvalue weighted by Gasteiger charge is -2.12. The molecule has 2 aliphatic rings. The summed E-state index contributed by atoms with van der Waals surface area (Å²) in [4.78, 5) is 21.6. The number of aromatic hydroxyl groups is 1. The van der Waals surface area contributed by atoms with E-state index in [4.69, 9.17) is 11.6 Å². The van der Waals surface area contributed by atoms with Gasteiger partial charge < -0.3 is 5.11 Å². The van der Waals surface area contributed by atoms with E-state index in [0.717, 1.165) is 22.5 Å². The summed E-state index contributed by atoms with van der Waals surface area (Å²) in [6, 6.07) is 12.4. The Morgan fingerprint density at radius 3 is 2.57 bits per heavy atom. The molecule has 0 unspecified atom stereocenters. The summed E-state index contributed by atoms with van der Waals surface area (Å²) < 4.78 is 1.77. The maximum absolute atomic E-state index is 12.8. The van der Waals surface area contributed by atoms with Crippen molar-refractivity contribution in [1.82, 2.24) is 19.7 Å². The van der Waals surface area contributed by atoms with Crippen LogP contribution in [0.5, 0.6) is 5.75 Å². The van der Waals surface area contributed by atoms with E-state index in [-0.39, 0.29) is 11.3 Å². The van der Waals surface area contributed by atoms with E-state index in [2.05, 4.69) is 15.1 Å². The lowest BCUT2D eigenvalue weighted by Crippen LogP contribution is -2.17. The van der Waals surface area contributed by atoms with Crippen LogP contribution >= 0.6 is 11.6 Å². The molecule has 0 aromatic heterocycles. The van der Waals surface area contributed by atoms with E-state index in [0.29, 0.717) is 35.1 Å². The fraction of sp³-hybridized carbons (Fsp3) is 0.190. The number of para-hydroxylation sites is 1. The van der Waals surface area contributed by atoms with Crippen molar-refractivity contribution >= 4 is 11.6 Å². The summed E-state index contributed by atoms with van der Waals surface area (Å²) >= 11 is 6.46. The van der Waals surface area contributed by atoms with Gasteiger partial charge in [0, 0.05) is 12.1 Å². The maximum Gasteiger partial charge on any atom is 0.284 e. The predicted molar refractivity (Wildman–Crippen MR) is 109 cm³/mol. The van der Waals surface area contributed by atoms with Crippen LogP contribution in [-0.2, 0) is 12.8 Å². The number of aryl methyl sites for hydroxylation is 2. The zero-order valence-corrected chi connectivity index (χ0v) is 16.3. The maximum atomic E-state index is 12.8. The quantitative estimate of drug-likeness (QED) is 0.550. The predicted octanol–water partition coefficient (Wildman–Crippen LogP) is 3.88. The van der Waals surface area contributed by atoms with Gasteiger partial charge >= 0.3 is 0 Å². The highest BCUT2D eigenvalue weighted by Crippen LogP contribution is 2.30. The van der Waals surface area contributed by atoms with Gasteiger partial charge in [-0.15, -0.1) is 0 Å². The Kier molecular flexibility index (Phi) is 4.65. The summed E-state index contributed by atoms with van der Waals surface area (Å²) in [5.74, 6) is 1.13. The van der Waals surface area contributed by atoms with Crippen LogP contribution in [0.15, 0.2) is 47.3 Å². The summed E-state index contributed by atoms with van der Waals surface area (Å²) in [6.45, 7) is 3.93. The Labute approximate surface area is 166 Å². The number of fused-ring (bicyclic) bond motifs is 1. The molecule has 2 aromatic carbocycles. The second-order valence-electron chi connectivity index (χ2n) is 6.67. The van der Waals surface area contributed by atoms with Gasteiger partial charge in [0.05, 0.1) is 10.7 Å². The molecule has 0 atom stereocenters. The van der Waals surface area contributed by atoms with Gasteiger partial charge in [0.1, 0.15) is 17.1 Å². The van der Waals surface area contributed by atoms with Crippen molar-refractivity contribution in [3.05, 3.63) is 80.5 Å². The van der Waals surface area contributed by atoms with Crippen molar-refractivity contribution in [3.8, 4) is 22.8 Å². The Hall–Kier alpha value is -3.12. The molecule has 0 spiro atoms. The molecular formula is C21H19ClN4O2. The van der Waals surface area contributed by atoms with Crippen LogP contribution < -0.4 is 5.56 Å². The van der Waals surface area contributed by atoms with Gasteiger partial charge in [-0.2, -0.15) is 4.98 Å². The van der Waals surface area contributed by atoms with E-state index >= 15 is 0 Å². The van der Waals surface area contributed by atoms with Gasteiger partial charge in [-0.3, -0.25) is 9.89 Å². The second kappa shape index (κ2) is 7.13. The number of nitrogens with zero attached hydrogens (tertiary/aromatic N) is 3. The number of H-pyrrole nitrogens is 1. The first-order valence-electron chi connectivity index (χ1n) is 9.02. The Morgan fingerprint density at radius 1 is 1.14 bits per heavy atom. The molecular weight excluding hydrogens is 376 g/mol. The van der Waals surface area contributed by atoms with E-state index in [1.165, 1.54) is 0 Å². The van der Waals surface area contributed by atoms with Crippen molar-refractivity contribution in [1.29, 1.82) is 0 Å². The van der Waals surface area contributed by atoms with Crippen LogP contribution in [0.4, 0.5) is 0 Å². The molecule has 7 heteroatoms. The highest BCUT2D eigenvalue weighted by molar-refractivity contribution is 6.32. The van der Waals surface area contributed by atoms with Crippen LogP contribution in [-0.4, -0.2) is 24.9 Å². The SMILES string of the molecule is CCc1[nH]n(-c2c(C)cccc2Cl)c2nc(Cc3ccc(O)cc3)nc(=O)c1-2. The van der Waals surface area contributed by atoms with E-state index in [9.17, 15) is 9.90 Å². The normalized spacial score (nSPS) is 11.2. The molecule has 0 aliphatic carbocycles. The summed E-state index contributed by atoms with van der Waals surface area (Å²) in [6.07, 6.45) is 1.03. The number of phenols is 1. The number of hydrogen-bond acceptors (Lipinski definition) is 4. The van der Waals surface area contributed by atoms with Crippen LogP contribution in [0.25, 0.3) is 17.1 Å². The third kappa shape index (κ3) is 3.16. The topological polar surface area (TPSA) is 83.8 Å². The summed E-state index contributed by atoms with van der Waals surface area (Å²) in [5, 5.41) is 13.3. The lowest BCUT2D eigenvalue weighted by molar-refractivity contribution is 0.475. The van der Waals surface area contributed by atoms with Crippen molar-refractivity contribution in [2.24, 2.45) is 0 Å². The van der Waals surface area contributed by atoms with Gasteiger partial charge in [-0.25, -0.2) is 9.67 Å². The first-order valence-corrected chi connectivity index (χ1v) is 9.39. The van der Waals surface area contributed by atoms with Crippen LogP contribution in [0, 0.1) is 6.92 Å². The minimum Gasteiger partial charge on any atom is -0.508 e. The largest absolute Gasteiger partial charge is 0.508 e. The average Bonchev–Trinajstić information content (AvgIpc) is 3.02. The van der Waals surface area contributed by atoms with E-state index in [1.54, 1.807) is 28.9 Å². The number of aromatic nitrogens is 4. The second-order valence-corrected chi connectivity index (χ2v) is 7.08. The molecule has 2 N–H and O–H groups in total. The molecule has 28 heavy (non-hydrogen) atoms. The number of aromatic amines is 1. The molecule has 142 valence electrons. The zero-order valence-electron chi connectivity index (χ0n) is 15.5. The highest BCUT2D eigenvalue weighted by atomic mass is 35.5. The van der Waals surface area contributed by atoms with Crippen molar-refractivity contribution in [2.75, 3.05) is 0 Å². The fourth-order valence-corrected chi connectivity index (χ4v) is 3.65. The molecule has 0 bridgehead atoms. The third-order valence-electron chi connectivity index (χ3n) is 4.73. The first-order chi connectivity index (χ1) is 13.5. The molecule has 0 fully saturated rings. The van der Waals surface area contributed by atoms with E-state index < -0.39 is 0 Å². The number of nitrogens with one attached hydrogen (secondary N) is 1. The molecule has 0 saturated carbocycles. The third-order valence-corrected chi connectivity index (χ3v) is 5.03. The van der Waals surface area contributed by atoms with Gasteiger partial charge in [0.2, 0.25) is 0 Å². The number of phenolic OH excluding ortho intramolecular Hbond substituents is 1. The molecule has 0 radical (unpaired) electrons. The monoisotopic (exact) mass is 394 g/mol. The van der Waals surface area contributed by atoms with Gasteiger partial charge in [0.25, 0.3) is 5.56 Å². The Balaban J connectivity index is 1.90. The number of halogens is 1. The fourth-order valence-electron chi connectivity index (χ4n) is 3.34. The minimum absolute atomic E-state index is 0.190. The Morgan fingerprint density at radius 2 is 1.89 bits per heavy atom. The molecule has 0 amide bonds. The molecule has 2 aromatic rings. The molecule has 2 aliphatic heterocycles. The standard InChI is InChI=1S/C21H19ClN4O2/c1-3-16-18-20(26(25-16)19-12(2)5-4-6-15(19)22)23-17(24-21(18)28)11-13-7-9-14(27)10-8-13/h4-10,25,27H,3,11H2,1-2H3. The molecule has 0 saturated heterocycles. The highest BCUT2D eigenvalue weighted by Gasteiger charge is 2.24. The van der Waals surface area contributed by atoms with Crippen LogP contribution in [0.3, 0.4) is 0 Å². The van der Waals surface area contributed by atoms with E-state index in [1.807, 2.05) is 32.0 Å². The summed E-state index contributed by atoms with van der Waals surface area (Å²) in [5.41, 5.74) is 3.59. The zero-order chi connectivity index (χ0) is 19.8. The van der Waals surface area contributed by atoms with Gasteiger partial charge in [-0.05, 0) is 42.7 Å². The first kappa shape index (κ1) is 18.3. The van der Waals surface area contributed by atoms with Crippen molar-refractivity contribution in [3.63, 3.8) is 0 Å². The van der Waals surface area contributed by atoms with Crippen LogP contribution in [0.1, 0.15) is 29.6 Å². The molecule has 6 nitrogen and oxygen atoms in total. The number of rotatable bonds is 4. The lowest BCUT2D eigenvalue weighted by atomic mass is 10.1. The molecule has 4 rings (SSSR count). The van der Waals surface area contributed by atoms with Gasteiger partial charge in [0.15, 0.2) is 5.82 Å². The van der Waals surface area contributed by atoms with Crippen molar-refractivity contribution < 1.29 is 5.11 Å². The minimum atomic E-state index is -0.310. The van der Waals surface area contributed by atoms with Crippen LogP contribution in [0.2, 0.25) is 5.02 Å². The smallest absolute Gasteiger partial charge is 0.284 e. The summed E-state index contributed by atoms with van der Waals surface area (Å²) in [7, 11) is 0. The molecule has 2 heterocycles. The number of hydrogen-bond donors (Lipinski definition) is 2.